The molecule has 0 atom stereocenters. The van der Waals surface area contributed by atoms with Crippen LogP contribution >= 0.6 is 23.2 Å². The minimum atomic E-state index is -0.311. The van der Waals surface area contributed by atoms with Crippen LogP contribution < -0.4 is 10.2 Å². The van der Waals surface area contributed by atoms with Crippen molar-refractivity contribution in [3.8, 4) is 5.75 Å². The van der Waals surface area contributed by atoms with Crippen LogP contribution in [0.2, 0.25) is 10.0 Å². The smallest absolute Gasteiger partial charge is 0.271 e. The lowest BCUT2D eigenvalue weighted by atomic mass is 10.2. The Balaban J connectivity index is 1.84. The molecule has 0 bridgehead atoms. The third-order valence-corrected chi connectivity index (χ3v) is 4.57. The largest absolute Gasteiger partial charge is 0.494 e. The summed E-state index contributed by atoms with van der Waals surface area (Å²) in [5.74, 6) is 0.446. The molecule has 0 fully saturated rings. The van der Waals surface area contributed by atoms with Crippen molar-refractivity contribution in [1.29, 1.82) is 0 Å². The second-order valence-corrected chi connectivity index (χ2v) is 6.56. The van der Waals surface area contributed by atoms with Crippen LogP contribution in [0.3, 0.4) is 0 Å². The van der Waals surface area contributed by atoms with Gasteiger partial charge in [0, 0.05) is 11.1 Å². The Morgan fingerprint density at radius 2 is 1.88 bits per heavy atom. The van der Waals surface area contributed by atoms with E-state index in [1.165, 1.54) is 25.5 Å². The van der Waals surface area contributed by atoms with Gasteiger partial charge in [-0.3, -0.25) is 4.79 Å². The van der Waals surface area contributed by atoms with E-state index in [2.05, 4.69) is 17.5 Å². The minimum absolute atomic E-state index is 0.311. The molecule has 1 amide bonds. The average Bonchev–Trinajstić information content (AvgIpc) is 2.65. The van der Waals surface area contributed by atoms with Crippen LogP contribution in [0, 0.1) is 0 Å². The van der Waals surface area contributed by atoms with E-state index < -0.39 is 0 Å². The highest BCUT2D eigenvalue weighted by Gasteiger charge is 2.05. The van der Waals surface area contributed by atoms with Crippen molar-refractivity contribution in [2.75, 3.05) is 6.61 Å². The third-order valence-electron chi connectivity index (χ3n) is 3.73. The molecule has 0 saturated heterocycles. The number of rotatable bonds is 9. The molecule has 0 unspecified atom stereocenters. The zero-order chi connectivity index (χ0) is 18.8. The second-order valence-electron chi connectivity index (χ2n) is 5.78. The van der Waals surface area contributed by atoms with Gasteiger partial charge >= 0.3 is 0 Å². The molecule has 138 valence electrons. The summed E-state index contributed by atoms with van der Waals surface area (Å²) in [5.41, 5.74) is 3.60. The number of nitrogens with one attached hydrogen (secondary N) is 1. The number of halogens is 2. The monoisotopic (exact) mass is 392 g/mol. The quantitative estimate of drug-likeness (QED) is 0.337. The molecule has 26 heavy (non-hydrogen) atoms. The van der Waals surface area contributed by atoms with Gasteiger partial charge < -0.3 is 4.74 Å². The van der Waals surface area contributed by atoms with Crippen molar-refractivity contribution in [3.63, 3.8) is 0 Å². The van der Waals surface area contributed by atoms with Crippen molar-refractivity contribution in [2.24, 2.45) is 5.10 Å². The molecule has 0 heterocycles. The molecule has 2 rings (SSSR count). The maximum Gasteiger partial charge on any atom is 0.271 e. The average molecular weight is 393 g/mol. The number of hydrogen-bond donors (Lipinski definition) is 1. The molecule has 1 N–H and O–H groups in total. The fourth-order valence-electron chi connectivity index (χ4n) is 2.27. The zero-order valence-corrected chi connectivity index (χ0v) is 16.2. The summed E-state index contributed by atoms with van der Waals surface area (Å²) < 4.78 is 5.66. The topological polar surface area (TPSA) is 50.7 Å². The number of hydrazone groups is 1. The first-order chi connectivity index (χ1) is 12.6. The lowest BCUT2D eigenvalue weighted by molar-refractivity contribution is 0.0955. The summed E-state index contributed by atoms with van der Waals surface area (Å²) in [6, 6.07) is 12.2. The van der Waals surface area contributed by atoms with Gasteiger partial charge in [-0.25, -0.2) is 5.43 Å². The van der Waals surface area contributed by atoms with Crippen molar-refractivity contribution >= 4 is 35.3 Å². The van der Waals surface area contributed by atoms with E-state index in [4.69, 9.17) is 27.9 Å². The number of ether oxygens (including phenoxy) is 1. The summed E-state index contributed by atoms with van der Waals surface area (Å²) in [4.78, 5) is 12.1. The molecule has 0 aliphatic heterocycles. The van der Waals surface area contributed by atoms with Gasteiger partial charge in [-0.1, -0.05) is 61.5 Å². The number of unbranched alkanes of at least 4 members (excludes halogenated alkanes) is 3. The molecule has 0 aliphatic carbocycles. The first kappa shape index (κ1) is 20.3. The normalized spacial score (nSPS) is 10.9. The fourth-order valence-corrected chi connectivity index (χ4v) is 2.62. The molecule has 0 aliphatic rings. The Labute approximate surface area is 164 Å². The van der Waals surface area contributed by atoms with Crippen molar-refractivity contribution < 1.29 is 9.53 Å². The number of hydrogen-bond acceptors (Lipinski definition) is 3. The van der Waals surface area contributed by atoms with Crippen LogP contribution in [0.25, 0.3) is 0 Å². The van der Waals surface area contributed by atoms with Gasteiger partial charge in [0.15, 0.2) is 0 Å². The minimum Gasteiger partial charge on any atom is -0.494 e. The maximum absolute atomic E-state index is 12.1. The van der Waals surface area contributed by atoms with Crippen molar-refractivity contribution in [2.45, 2.75) is 32.6 Å². The van der Waals surface area contributed by atoms with Gasteiger partial charge in [-0.05, 0) is 36.8 Å². The SMILES string of the molecule is CCCCCCOc1ccc(C(=O)NN=Cc2cccc(Cl)c2Cl)cc1. The molecule has 0 saturated carbocycles. The van der Waals surface area contributed by atoms with Crippen LogP contribution in [-0.4, -0.2) is 18.7 Å². The summed E-state index contributed by atoms with van der Waals surface area (Å²) >= 11 is 12.0. The van der Waals surface area contributed by atoms with E-state index in [1.54, 1.807) is 42.5 Å². The highest BCUT2D eigenvalue weighted by molar-refractivity contribution is 6.43. The number of carbonyl (C=O) groups excluding carboxylic acids is 1. The number of amides is 1. The van der Waals surface area contributed by atoms with Crippen LogP contribution in [-0.2, 0) is 0 Å². The number of benzene rings is 2. The van der Waals surface area contributed by atoms with Crippen LogP contribution in [0.15, 0.2) is 47.6 Å². The molecule has 2 aromatic rings. The molecular weight excluding hydrogens is 371 g/mol. The maximum atomic E-state index is 12.1. The van der Waals surface area contributed by atoms with E-state index in [0.29, 0.717) is 27.8 Å². The van der Waals surface area contributed by atoms with E-state index >= 15 is 0 Å². The Hall–Kier alpha value is -2.04. The first-order valence-corrected chi connectivity index (χ1v) is 9.37. The van der Waals surface area contributed by atoms with Crippen LogP contribution in [0.5, 0.6) is 5.75 Å². The van der Waals surface area contributed by atoms with Gasteiger partial charge in [0.1, 0.15) is 5.75 Å². The summed E-state index contributed by atoms with van der Waals surface area (Å²) in [6.45, 7) is 2.87. The Morgan fingerprint density at radius 1 is 1.12 bits per heavy atom. The Kier molecular flexibility index (Phi) is 8.45. The van der Waals surface area contributed by atoms with Crippen molar-refractivity contribution in [3.05, 3.63) is 63.6 Å². The molecule has 0 spiro atoms. The standard InChI is InChI=1S/C20H22Cl2N2O2/c1-2-3-4-5-13-26-17-11-9-15(10-12-17)20(25)24-23-14-16-7-6-8-18(21)19(16)22/h6-12,14H,2-5,13H2,1H3,(H,24,25). The highest BCUT2D eigenvalue weighted by Crippen LogP contribution is 2.24. The first-order valence-electron chi connectivity index (χ1n) is 8.62. The zero-order valence-electron chi connectivity index (χ0n) is 14.7. The van der Waals surface area contributed by atoms with Gasteiger partial charge in [0.05, 0.1) is 22.9 Å². The van der Waals surface area contributed by atoms with Crippen LogP contribution in [0.4, 0.5) is 0 Å². The predicted octanol–water partition coefficient (Wildman–Crippen LogP) is 5.72. The van der Waals surface area contributed by atoms with Gasteiger partial charge in [0.25, 0.3) is 5.91 Å². The fraction of sp³-hybridized carbons (Fsp3) is 0.300. The Bertz CT molecular complexity index is 746. The molecule has 0 aromatic heterocycles. The number of carbonyl (C=O) groups is 1. The summed E-state index contributed by atoms with van der Waals surface area (Å²) in [6.07, 6.45) is 6.10. The molecule has 4 nitrogen and oxygen atoms in total. The third kappa shape index (κ3) is 6.36. The van der Waals surface area contributed by atoms with Crippen LogP contribution in [0.1, 0.15) is 48.5 Å². The molecular formula is C20H22Cl2N2O2. The molecule has 2 aromatic carbocycles. The Morgan fingerprint density at radius 3 is 2.62 bits per heavy atom. The summed E-state index contributed by atoms with van der Waals surface area (Å²) in [5, 5.41) is 4.75. The lowest BCUT2D eigenvalue weighted by Gasteiger charge is -2.06. The van der Waals surface area contributed by atoms with Crippen molar-refractivity contribution in [1.82, 2.24) is 5.43 Å². The van der Waals surface area contributed by atoms with Gasteiger partial charge in [0.2, 0.25) is 0 Å². The molecule has 6 heteroatoms. The second kappa shape index (κ2) is 10.8. The molecule has 0 radical (unpaired) electrons. The van der Waals surface area contributed by atoms with E-state index in [1.807, 2.05) is 0 Å². The predicted molar refractivity (Wildman–Crippen MR) is 108 cm³/mol. The van der Waals surface area contributed by atoms with Gasteiger partial charge in [-0.2, -0.15) is 5.10 Å². The van der Waals surface area contributed by atoms with Gasteiger partial charge in [-0.15, -0.1) is 0 Å². The van der Waals surface area contributed by atoms with E-state index in [9.17, 15) is 4.79 Å². The highest BCUT2D eigenvalue weighted by atomic mass is 35.5. The lowest BCUT2D eigenvalue weighted by Crippen LogP contribution is -2.17. The van der Waals surface area contributed by atoms with E-state index in [0.717, 1.165) is 12.2 Å². The van der Waals surface area contributed by atoms with E-state index in [-0.39, 0.29) is 5.91 Å². The number of nitrogens with zero attached hydrogens (tertiary/aromatic N) is 1. The summed E-state index contributed by atoms with van der Waals surface area (Å²) in [7, 11) is 0.